The third-order valence-corrected chi connectivity index (χ3v) is 3.94. The van der Waals surface area contributed by atoms with Gasteiger partial charge in [0.25, 0.3) is 5.91 Å². The highest BCUT2D eigenvalue weighted by molar-refractivity contribution is 5.93. The van der Waals surface area contributed by atoms with E-state index in [1.165, 1.54) is 24.5 Å². The lowest BCUT2D eigenvalue weighted by atomic mass is 10.2. The highest BCUT2D eigenvalue weighted by Gasteiger charge is 2.10. The molecule has 2 N–H and O–H groups in total. The van der Waals surface area contributed by atoms with Gasteiger partial charge in [-0.25, -0.2) is 14.4 Å². The van der Waals surface area contributed by atoms with Crippen LogP contribution in [-0.2, 0) is 6.54 Å². The number of carbonyl (C=O) groups is 1. The number of nitrogens with zero attached hydrogens (tertiary/aromatic N) is 2. The summed E-state index contributed by atoms with van der Waals surface area (Å²) in [7, 11) is 3.13. The van der Waals surface area contributed by atoms with E-state index in [1.807, 2.05) is 0 Å². The number of halogens is 1. The van der Waals surface area contributed by atoms with E-state index < -0.39 is 0 Å². The monoisotopic (exact) mass is 382 g/mol. The van der Waals surface area contributed by atoms with Crippen LogP contribution in [-0.4, -0.2) is 30.1 Å². The van der Waals surface area contributed by atoms with E-state index in [1.54, 1.807) is 44.6 Å². The Balaban J connectivity index is 1.63. The van der Waals surface area contributed by atoms with Gasteiger partial charge in [0.2, 0.25) is 5.95 Å². The van der Waals surface area contributed by atoms with Crippen molar-refractivity contribution in [3.63, 3.8) is 0 Å². The van der Waals surface area contributed by atoms with E-state index in [0.29, 0.717) is 28.7 Å². The van der Waals surface area contributed by atoms with Crippen LogP contribution < -0.4 is 20.1 Å². The van der Waals surface area contributed by atoms with E-state index in [0.717, 1.165) is 5.56 Å². The molecular weight excluding hydrogens is 363 g/mol. The second-order valence-corrected chi connectivity index (χ2v) is 5.80. The smallest absolute Gasteiger partial charge is 0.254 e. The Labute approximate surface area is 161 Å². The van der Waals surface area contributed by atoms with Crippen LogP contribution in [0, 0.1) is 5.82 Å². The standard InChI is InChI=1S/C20H19FN4O3/c1-27-16-7-8-17(18(9-16)28-2)25-20-23-11-14(12-24-20)19(26)22-10-13-3-5-15(21)6-4-13/h3-9,11-12H,10H2,1-2H3,(H,22,26)(H,23,24,25). The topological polar surface area (TPSA) is 85.4 Å². The van der Waals surface area contributed by atoms with Gasteiger partial charge >= 0.3 is 0 Å². The molecule has 2 aromatic carbocycles. The number of rotatable bonds is 7. The number of methoxy groups -OCH3 is 2. The van der Waals surface area contributed by atoms with Crippen molar-refractivity contribution in [1.29, 1.82) is 0 Å². The molecule has 0 spiro atoms. The minimum absolute atomic E-state index is 0.280. The first-order valence-corrected chi connectivity index (χ1v) is 8.43. The summed E-state index contributed by atoms with van der Waals surface area (Å²) in [6.45, 7) is 0.280. The predicted octanol–water partition coefficient (Wildman–Crippen LogP) is 3.31. The van der Waals surface area contributed by atoms with Gasteiger partial charge in [0, 0.05) is 25.0 Å². The van der Waals surface area contributed by atoms with Gasteiger partial charge in [0.05, 0.1) is 25.5 Å². The molecule has 0 aliphatic heterocycles. The minimum Gasteiger partial charge on any atom is -0.497 e. The fourth-order valence-electron chi connectivity index (χ4n) is 2.42. The van der Waals surface area contributed by atoms with Crippen molar-refractivity contribution in [2.45, 2.75) is 6.54 Å². The van der Waals surface area contributed by atoms with Crippen LogP contribution in [0.15, 0.2) is 54.9 Å². The number of aromatic nitrogens is 2. The fraction of sp³-hybridized carbons (Fsp3) is 0.150. The molecule has 1 amide bonds. The average Bonchev–Trinajstić information content (AvgIpc) is 2.74. The Bertz CT molecular complexity index is 947. The molecule has 8 heteroatoms. The number of carbonyl (C=O) groups excluding carboxylic acids is 1. The van der Waals surface area contributed by atoms with Crippen molar-refractivity contribution < 1.29 is 18.7 Å². The van der Waals surface area contributed by atoms with Crippen molar-refractivity contribution in [3.05, 3.63) is 71.8 Å². The van der Waals surface area contributed by atoms with Gasteiger partial charge in [-0.15, -0.1) is 0 Å². The number of hydrogen-bond donors (Lipinski definition) is 2. The molecule has 0 saturated carbocycles. The molecule has 0 unspecified atom stereocenters. The summed E-state index contributed by atoms with van der Waals surface area (Å²) < 4.78 is 23.4. The van der Waals surface area contributed by atoms with Crippen molar-refractivity contribution in [1.82, 2.24) is 15.3 Å². The zero-order valence-electron chi connectivity index (χ0n) is 15.4. The highest BCUT2D eigenvalue weighted by atomic mass is 19.1. The Hall–Kier alpha value is -3.68. The van der Waals surface area contributed by atoms with Crippen LogP contribution in [0.1, 0.15) is 15.9 Å². The summed E-state index contributed by atoms with van der Waals surface area (Å²) in [5.74, 6) is 0.914. The summed E-state index contributed by atoms with van der Waals surface area (Å²) in [5, 5.41) is 5.77. The van der Waals surface area contributed by atoms with Gasteiger partial charge < -0.3 is 20.1 Å². The van der Waals surface area contributed by atoms with E-state index in [2.05, 4.69) is 20.6 Å². The molecule has 3 rings (SSSR count). The van der Waals surface area contributed by atoms with Crippen LogP contribution in [0.4, 0.5) is 16.0 Å². The summed E-state index contributed by atoms with van der Waals surface area (Å²) in [5.41, 5.74) is 1.77. The molecule has 1 aromatic heterocycles. The van der Waals surface area contributed by atoms with Gasteiger partial charge in [-0.1, -0.05) is 12.1 Å². The van der Waals surface area contributed by atoms with Crippen LogP contribution >= 0.6 is 0 Å². The highest BCUT2D eigenvalue weighted by Crippen LogP contribution is 2.30. The molecule has 7 nitrogen and oxygen atoms in total. The largest absolute Gasteiger partial charge is 0.497 e. The lowest BCUT2D eigenvalue weighted by Gasteiger charge is -2.11. The number of hydrogen-bond acceptors (Lipinski definition) is 6. The number of ether oxygens (including phenoxy) is 2. The van der Waals surface area contributed by atoms with E-state index in [4.69, 9.17) is 9.47 Å². The Kier molecular flexibility index (Phi) is 6.01. The van der Waals surface area contributed by atoms with Crippen LogP contribution in [0.5, 0.6) is 11.5 Å². The quantitative estimate of drug-likeness (QED) is 0.652. The molecule has 0 atom stereocenters. The van der Waals surface area contributed by atoms with Crippen molar-refractivity contribution >= 4 is 17.5 Å². The number of anilines is 2. The maximum atomic E-state index is 12.9. The lowest BCUT2D eigenvalue weighted by molar-refractivity contribution is 0.0950. The fourth-order valence-corrected chi connectivity index (χ4v) is 2.42. The lowest BCUT2D eigenvalue weighted by Crippen LogP contribution is -2.23. The maximum Gasteiger partial charge on any atom is 0.254 e. The zero-order valence-corrected chi connectivity index (χ0v) is 15.4. The number of amides is 1. The summed E-state index contributed by atoms with van der Waals surface area (Å²) >= 11 is 0. The first-order chi connectivity index (χ1) is 13.6. The van der Waals surface area contributed by atoms with E-state index >= 15 is 0 Å². The predicted molar refractivity (Wildman–Crippen MR) is 102 cm³/mol. The van der Waals surface area contributed by atoms with E-state index in [9.17, 15) is 9.18 Å². The Morgan fingerprint density at radius 2 is 1.75 bits per heavy atom. The Morgan fingerprint density at radius 3 is 2.39 bits per heavy atom. The van der Waals surface area contributed by atoms with Gasteiger partial charge in [-0.05, 0) is 29.8 Å². The molecule has 0 aliphatic carbocycles. The van der Waals surface area contributed by atoms with Crippen LogP contribution in [0.3, 0.4) is 0 Å². The van der Waals surface area contributed by atoms with Crippen molar-refractivity contribution in [2.75, 3.05) is 19.5 Å². The zero-order chi connectivity index (χ0) is 19.9. The van der Waals surface area contributed by atoms with Gasteiger partial charge in [-0.3, -0.25) is 4.79 Å². The SMILES string of the molecule is COc1ccc(Nc2ncc(C(=O)NCc3ccc(F)cc3)cn2)c(OC)c1. The molecule has 0 fully saturated rings. The Morgan fingerprint density at radius 1 is 1.04 bits per heavy atom. The second kappa shape index (κ2) is 8.81. The molecule has 3 aromatic rings. The first kappa shape index (κ1) is 19.1. The first-order valence-electron chi connectivity index (χ1n) is 8.43. The molecule has 28 heavy (non-hydrogen) atoms. The molecule has 0 saturated heterocycles. The number of nitrogens with one attached hydrogen (secondary N) is 2. The van der Waals surface area contributed by atoms with Crippen LogP contribution in [0.25, 0.3) is 0 Å². The third-order valence-electron chi connectivity index (χ3n) is 3.94. The molecule has 144 valence electrons. The second-order valence-electron chi connectivity index (χ2n) is 5.80. The van der Waals surface area contributed by atoms with E-state index in [-0.39, 0.29) is 18.3 Å². The van der Waals surface area contributed by atoms with Gasteiger partial charge in [-0.2, -0.15) is 0 Å². The van der Waals surface area contributed by atoms with Gasteiger partial charge in [0.15, 0.2) is 0 Å². The molecular formula is C20H19FN4O3. The minimum atomic E-state index is -0.321. The molecule has 1 heterocycles. The maximum absolute atomic E-state index is 12.9. The average molecular weight is 382 g/mol. The summed E-state index contributed by atoms with van der Waals surface area (Å²) in [6, 6.07) is 11.2. The van der Waals surface area contributed by atoms with Gasteiger partial charge in [0.1, 0.15) is 17.3 Å². The normalized spacial score (nSPS) is 10.2. The van der Waals surface area contributed by atoms with Crippen LogP contribution in [0.2, 0.25) is 0 Å². The third kappa shape index (κ3) is 4.73. The van der Waals surface area contributed by atoms with Crippen molar-refractivity contribution in [2.24, 2.45) is 0 Å². The summed E-state index contributed by atoms with van der Waals surface area (Å²) in [4.78, 5) is 20.5. The molecule has 0 aliphatic rings. The molecule has 0 radical (unpaired) electrons. The molecule has 0 bridgehead atoms. The summed E-state index contributed by atoms with van der Waals surface area (Å²) in [6.07, 6.45) is 2.84. The number of benzene rings is 2. The van der Waals surface area contributed by atoms with Crippen molar-refractivity contribution in [3.8, 4) is 11.5 Å².